The van der Waals surface area contributed by atoms with Gasteiger partial charge in [-0.1, -0.05) is 20.8 Å². The topological polar surface area (TPSA) is 81.4 Å². The van der Waals surface area contributed by atoms with Crippen LogP contribution in [0.5, 0.6) is 5.75 Å². The molecule has 6 heteroatoms. The maximum atomic E-state index is 12.2. The van der Waals surface area contributed by atoms with Crippen molar-refractivity contribution >= 4 is 15.7 Å². The van der Waals surface area contributed by atoms with Gasteiger partial charge in [-0.05, 0) is 24.0 Å². The SMILES string of the molecule is COc1cc(N)ccc1S(=O)(=O)NCCC(C)(C)C. The Kier molecular flexibility index (Phi) is 4.81. The van der Waals surface area contributed by atoms with Gasteiger partial charge in [0.1, 0.15) is 10.6 Å². The van der Waals surface area contributed by atoms with E-state index in [0.717, 1.165) is 6.42 Å². The first-order valence-electron chi connectivity index (χ1n) is 6.09. The van der Waals surface area contributed by atoms with Gasteiger partial charge in [0.15, 0.2) is 0 Å². The van der Waals surface area contributed by atoms with E-state index in [4.69, 9.17) is 10.5 Å². The fourth-order valence-electron chi connectivity index (χ4n) is 1.54. The van der Waals surface area contributed by atoms with Gasteiger partial charge < -0.3 is 10.5 Å². The number of hydrogen-bond donors (Lipinski definition) is 2. The molecule has 0 fully saturated rings. The molecule has 1 aromatic carbocycles. The number of sulfonamides is 1. The minimum Gasteiger partial charge on any atom is -0.495 e. The molecule has 1 aromatic rings. The van der Waals surface area contributed by atoms with Crippen molar-refractivity contribution in [1.82, 2.24) is 4.72 Å². The first-order chi connectivity index (χ1) is 8.65. The second-order valence-electron chi connectivity index (χ2n) is 5.62. The Morgan fingerprint density at radius 1 is 1.32 bits per heavy atom. The van der Waals surface area contributed by atoms with Gasteiger partial charge in [0.05, 0.1) is 7.11 Å². The summed E-state index contributed by atoms with van der Waals surface area (Å²) in [6.45, 7) is 6.57. The van der Waals surface area contributed by atoms with Gasteiger partial charge in [0, 0.05) is 18.3 Å². The molecule has 108 valence electrons. The fourth-order valence-corrected chi connectivity index (χ4v) is 2.72. The molecular weight excluding hydrogens is 264 g/mol. The van der Waals surface area contributed by atoms with Crippen LogP contribution in [0.1, 0.15) is 27.2 Å². The van der Waals surface area contributed by atoms with Gasteiger partial charge in [-0.15, -0.1) is 0 Å². The quantitative estimate of drug-likeness (QED) is 0.811. The molecular formula is C13H22N2O3S. The van der Waals surface area contributed by atoms with E-state index in [1.54, 1.807) is 6.07 Å². The Morgan fingerprint density at radius 3 is 2.47 bits per heavy atom. The van der Waals surface area contributed by atoms with Gasteiger partial charge >= 0.3 is 0 Å². The van der Waals surface area contributed by atoms with E-state index in [0.29, 0.717) is 12.2 Å². The molecule has 19 heavy (non-hydrogen) atoms. The first kappa shape index (κ1) is 15.8. The van der Waals surface area contributed by atoms with Crippen LogP contribution >= 0.6 is 0 Å². The van der Waals surface area contributed by atoms with Crippen molar-refractivity contribution in [3.05, 3.63) is 18.2 Å². The molecule has 3 N–H and O–H groups in total. The average molecular weight is 286 g/mol. The summed E-state index contributed by atoms with van der Waals surface area (Å²) >= 11 is 0. The van der Waals surface area contributed by atoms with Crippen molar-refractivity contribution in [3.63, 3.8) is 0 Å². The van der Waals surface area contributed by atoms with E-state index in [1.807, 2.05) is 0 Å². The second kappa shape index (κ2) is 5.79. The van der Waals surface area contributed by atoms with Crippen LogP contribution in [-0.2, 0) is 10.0 Å². The summed E-state index contributed by atoms with van der Waals surface area (Å²) in [7, 11) is -2.15. The van der Waals surface area contributed by atoms with Gasteiger partial charge in [0.2, 0.25) is 10.0 Å². The Labute approximate surface area is 115 Å². The number of rotatable bonds is 5. The summed E-state index contributed by atoms with van der Waals surface area (Å²) in [5, 5.41) is 0. The number of anilines is 1. The lowest BCUT2D eigenvalue weighted by Crippen LogP contribution is -2.27. The number of nitrogens with one attached hydrogen (secondary N) is 1. The zero-order valence-corrected chi connectivity index (χ0v) is 12.7. The second-order valence-corrected chi connectivity index (χ2v) is 7.35. The summed E-state index contributed by atoms with van der Waals surface area (Å²) < 4.78 is 32.0. The van der Waals surface area contributed by atoms with Crippen LogP contribution in [0.15, 0.2) is 23.1 Å². The van der Waals surface area contributed by atoms with E-state index < -0.39 is 10.0 Å². The zero-order chi connectivity index (χ0) is 14.7. The highest BCUT2D eigenvalue weighted by atomic mass is 32.2. The van der Waals surface area contributed by atoms with Crippen molar-refractivity contribution < 1.29 is 13.2 Å². The summed E-state index contributed by atoms with van der Waals surface area (Å²) in [5.41, 5.74) is 6.15. The number of methoxy groups -OCH3 is 1. The van der Waals surface area contributed by atoms with Crippen LogP contribution in [0.25, 0.3) is 0 Å². The normalized spacial score (nSPS) is 12.4. The Morgan fingerprint density at radius 2 is 1.95 bits per heavy atom. The maximum absolute atomic E-state index is 12.2. The molecule has 0 spiro atoms. The molecule has 0 aromatic heterocycles. The fraction of sp³-hybridized carbons (Fsp3) is 0.538. The van der Waals surface area contributed by atoms with Crippen molar-refractivity contribution in [1.29, 1.82) is 0 Å². The molecule has 1 rings (SSSR count). The van der Waals surface area contributed by atoms with E-state index >= 15 is 0 Å². The third-order valence-corrected chi connectivity index (χ3v) is 4.14. The molecule has 0 amide bonds. The van der Waals surface area contributed by atoms with Crippen LogP contribution in [-0.4, -0.2) is 22.1 Å². The minimum absolute atomic E-state index is 0.0771. The largest absolute Gasteiger partial charge is 0.495 e. The van der Waals surface area contributed by atoms with Crippen molar-refractivity contribution in [2.45, 2.75) is 32.1 Å². The molecule has 0 aliphatic heterocycles. The molecule has 5 nitrogen and oxygen atoms in total. The summed E-state index contributed by atoms with van der Waals surface area (Å²) in [5.74, 6) is 0.253. The Hall–Kier alpha value is -1.27. The van der Waals surface area contributed by atoms with E-state index in [1.165, 1.54) is 19.2 Å². The van der Waals surface area contributed by atoms with E-state index in [2.05, 4.69) is 25.5 Å². The molecule has 0 radical (unpaired) electrons. The predicted molar refractivity (Wildman–Crippen MR) is 76.7 cm³/mol. The van der Waals surface area contributed by atoms with Crippen LogP contribution in [0, 0.1) is 5.41 Å². The Bertz CT molecular complexity index is 533. The monoisotopic (exact) mass is 286 g/mol. The third kappa shape index (κ3) is 4.72. The van der Waals surface area contributed by atoms with E-state index in [9.17, 15) is 8.42 Å². The number of nitrogen functional groups attached to an aromatic ring is 1. The van der Waals surface area contributed by atoms with Gasteiger partial charge in [-0.2, -0.15) is 0 Å². The lowest BCUT2D eigenvalue weighted by Gasteiger charge is -2.18. The summed E-state index contributed by atoms with van der Waals surface area (Å²) in [6.07, 6.45) is 0.753. The van der Waals surface area contributed by atoms with Crippen molar-refractivity contribution in [3.8, 4) is 5.75 Å². The molecule has 0 unspecified atom stereocenters. The summed E-state index contributed by atoms with van der Waals surface area (Å²) in [4.78, 5) is 0.109. The number of hydrogen-bond acceptors (Lipinski definition) is 4. The van der Waals surface area contributed by atoms with Crippen LogP contribution in [0.2, 0.25) is 0 Å². The third-order valence-electron chi connectivity index (χ3n) is 2.64. The van der Waals surface area contributed by atoms with Gasteiger partial charge in [-0.3, -0.25) is 0 Å². The highest BCUT2D eigenvalue weighted by Crippen LogP contribution is 2.26. The highest BCUT2D eigenvalue weighted by Gasteiger charge is 2.20. The van der Waals surface area contributed by atoms with Crippen molar-refractivity contribution in [2.24, 2.45) is 5.41 Å². The lowest BCUT2D eigenvalue weighted by atomic mass is 9.93. The number of nitrogens with two attached hydrogens (primary N) is 1. The van der Waals surface area contributed by atoms with Gasteiger partial charge in [-0.25, -0.2) is 13.1 Å². The lowest BCUT2D eigenvalue weighted by molar-refractivity contribution is 0.377. The Balaban J connectivity index is 2.89. The molecule has 0 saturated carbocycles. The van der Waals surface area contributed by atoms with E-state index in [-0.39, 0.29) is 16.1 Å². The predicted octanol–water partition coefficient (Wildman–Crippen LogP) is 1.99. The van der Waals surface area contributed by atoms with Crippen LogP contribution < -0.4 is 15.2 Å². The molecule has 0 aliphatic carbocycles. The van der Waals surface area contributed by atoms with Gasteiger partial charge in [0.25, 0.3) is 0 Å². The number of benzene rings is 1. The maximum Gasteiger partial charge on any atom is 0.244 e. The average Bonchev–Trinajstić information content (AvgIpc) is 2.26. The summed E-state index contributed by atoms with van der Waals surface area (Å²) in [6, 6.07) is 4.49. The first-order valence-corrected chi connectivity index (χ1v) is 7.57. The number of ether oxygens (including phenoxy) is 1. The molecule has 0 saturated heterocycles. The minimum atomic E-state index is -3.57. The molecule has 0 aliphatic rings. The van der Waals surface area contributed by atoms with Crippen molar-refractivity contribution in [2.75, 3.05) is 19.4 Å². The van der Waals surface area contributed by atoms with Crippen LogP contribution in [0.3, 0.4) is 0 Å². The highest BCUT2D eigenvalue weighted by molar-refractivity contribution is 7.89. The standard InChI is InChI=1S/C13H22N2O3S/c1-13(2,3)7-8-15-19(16,17)12-6-5-10(14)9-11(12)18-4/h5-6,9,15H,7-8,14H2,1-4H3. The smallest absolute Gasteiger partial charge is 0.244 e. The molecule has 0 bridgehead atoms. The zero-order valence-electron chi connectivity index (χ0n) is 11.9. The molecule has 0 atom stereocenters. The van der Waals surface area contributed by atoms with Crippen LogP contribution in [0.4, 0.5) is 5.69 Å². The molecule has 0 heterocycles.